The zero-order valence-corrected chi connectivity index (χ0v) is 9.18. The molecule has 1 unspecified atom stereocenters. The van der Waals surface area contributed by atoms with Gasteiger partial charge in [-0.15, -0.1) is 12.3 Å². The summed E-state index contributed by atoms with van der Waals surface area (Å²) in [5, 5.41) is 7.84. The highest BCUT2D eigenvalue weighted by atomic mass is 16.2. The highest BCUT2D eigenvalue weighted by molar-refractivity contribution is 5.98. The number of rotatable bonds is 1. The van der Waals surface area contributed by atoms with Gasteiger partial charge < -0.3 is 4.90 Å². The van der Waals surface area contributed by atoms with Gasteiger partial charge in [0.1, 0.15) is 0 Å². The lowest BCUT2D eigenvalue weighted by Gasteiger charge is -2.15. The molecule has 1 fully saturated rings. The first-order valence-corrected chi connectivity index (χ1v) is 5.47. The van der Waals surface area contributed by atoms with Crippen LogP contribution in [0.5, 0.6) is 0 Å². The monoisotopic (exact) mass is 225 g/mol. The van der Waals surface area contributed by atoms with Gasteiger partial charge in [-0.3, -0.25) is 9.89 Å². The molecule has 1 aliphatic rings. The summed E-state index contributed by atoms with van der Waals surface area (Å²) in [5.41, 5.74) is 1.86. The maximum absolute atomic E-state index is 11.8. The highest BCUT2D eigenvalue weighted by Crippen LogP contribution is 2.27. The molecule has 1 aliphatic heterocycles. The van der Waals surface area contributed by atoms with Crippen molar-refractivity contribution in [2.45, 2.75) is 6.42 Å². The molecule has 0 bridgehead atoms. The number of aromatic amines is 1. The Balaban J connectivity index is 1.98. The largest absolute Gasteiger partial charge is 0.311 e. The molecule has 1 aromatic heterocycles. The number of amides is 1. The predicted octanol–water partition coefficient (Wildman–Crippen LogP) is 1.55. The Morgan fingerprint density at radius 2 is 2.41 bits per heavy atom. The number of benzene rings is 1. The van der Waals surface area contributed by atoms with Crippen molar-refractivity contribution in [1.29, 1.82) is 0 Å². The van der Waals surface area contributed by atoms with Crippen LogP contribution in [-0.4, -0.2) is 22.6 Å². The second-order valence-corrected chi connectivity index (χ2v) is 4.21. The average Bonchev–Trinajstić information content (AvgIpc) is 2.93. The van der Waals surface area contributed by atoms with E-state index in [4.69, 9.17) is 6.42 Å². The molecule has 2 heterocycles. The van der Waals surface area contributed by atoms with E-state index in [2.05, 4.69) is 16.1 Å². The standard InChI is InChI=1S/C13H11N3O/c1-2-9-5-13(17)16(8-9)11-3-4-12-10(6-11)7-14-15-12/h1,3-4,6-7,9H,5,8H2,(H,14,15). The molecule has 1 amide bonds. The summed E-state index contributed by atoms with van der Waals surface area (Å²) in [5.74, 6) is 2.77. The molecule has 0 spiro atoms. The van der Waals surface area contributed by atoms with Gasteiger partial charge in [0.05, 0.1) is 11.7 Å². The summed E-state index contributed by atoms with van der Waals surface area (Å²) < 4.78 is 0. The number of anilines is 1. The van der Waals surface area contributed by atoms with Crippen LogP contribution in [-0.2, 0) is 4.79 Å². The van der Waals surface area contributed by atoms with Crippen LogP contribution in [0.1, 0.15) is 6.42 Å². The zero-order chi connectivity index (χ0) is 11.8. The van der Waals surface area contributed by atoms with E-state index in [-0.39, 0.29) is 11.8 Å². The lowest BCUT2D eigenvalue weighted by Crippen LogP contribution is -2.24. The number of nitrogens with one attached hydrogen (secondary N) is 1. The van der Waals surface area contributed by atoms with Crippen LogP contribution in [0.2, 0.25) is 0 Å². The molecule has 1 N–H and O–H groups in total. The summed E-state index contributed by atoms with van der Waals surface area (Å²) in [7, 11) is 0. The first-order chi connectivity index (χ1) is 8.28. The van der Waals surface area contributed by atoms with Crippen molar-refractivity contribution in [3.8, 4) is 12.3 Å². The van der Waals surface area contributed by atoms with Crippen molar-refractivity contribution in [2.24, 2.45) is 5.92 Å². The van der Waals surface area contributed by atoms with Gasteiger partial charge in [-0.05, 0) is 18.2 Å². The quantitative estimate of drug-likeness (QED) is 0.748. The lowest BCUT2D eigenvalue weighted by atomic mass is 10.1. The molecular formula is C13H11N3O. The number of nitrogens with zero attached hydrogens (tertiary/aromatic N) is 2. The van der Waals surface area contributed by atoms with Gasteiger partial charge >= 0.3 is 0 Å². The fourth-order valence-electron chi connectivity index (χ4n) is 2.17. The van der Waals surface area contributed by atoms with Crippen molar-refractivity contribution < 1.29 is 4.79 Å². The molecule has 0 saturated carbocycles. The summed E-state index contributed by atoms with van der Waals surface area (Å²) >= 11 is 0. The van der Waals surface area contributed by atoms with Crippen LogP contribution in [0.3, 0.4) is 0 Å². The highest BCUT2D eigenvalue weighted by Gasteiger charge is 2.29. The van der Waals surface area contributed by atoms with Crippen molar-refractivity contribution in [2.75, 3.05) is 11.4 Å². The fraction of sp³-hybridized carbons (Fsp3) is 0.231. The molecule has 84 valence electrons. The summed E-state index contributed by atoms with van der Waals surface area (Å²) in [4.78, 5) is 13.6. The molecular weight excluding hydrogens is 214 g/mol. The van der Waals surface area contributed by atoms with Crippen LogP contribution in [0.4, 0.5) is 5.69 Å². The number of carbonyl (C=O) groups excluding carboxylic acids is 1. The number of H-pyrrole nitrogens is 1. The Bertz CT molecular complexity index is 623. The first kappa shape index (κ1) is 9.91. The lowest BCUT2D eigenvalue weighted by molar-refractivity contribution is -0.117. The summed E-state index contributed by atoms with van der Waals surface area (Å²) in [6.45, 7) is 0.610. The van der Waals surface area contributed by atoms with Gasteiger partial charge in [0, 0.05) is 30.0 Å². The molecule has 1 atom stereocenters. The minimum atomic E-state index is 0.0301. The maximum Gasteiger partial charge on any atom is 0.228 e. The van der Waals surface area contributed by atoms with Gasteiger partial charge in [0.15, 0.2) is 0 Å². The van der Waals surface area contributed by atoms with Crippen molar-refractivity contribution >= 4 is 22.5 Å². The molecule has 1 saturated heterocycles. The molecule has 3 rings (SSSR count). The van der Waals surface area contributed by atoms with Crippen LogP contribution >= 0.6 is 0 Å². The normalized spacial score (nSPS) is 19.8. The number of carbonyl (C=O) groups is 1. The third kappa shape index (κ3) is 1.56. The first-order valence-electron chi connectivity index (χ1n) is 5.47. The fourth-order valence-corrected chi connectivity index (χ4v) is 2.17. The van der Waals surface area contributed by atoms with Gasteiger partial charge in [0.2, 0.25) is 5.91 Å². The van der Waals surface area contributed by atoms with Gasteiger partial charge in [-0.2, -0.15) is 5.10 Å². The number of terminal acetylenes is 1. The minimum Gasteiger partial charge on any atom is -0.311 e. The van der Waals surface area contributed by atoms with Crippen molar-refractivity contribution in [3.05, 3.63) is 24.4 Å². The van der Waals surface area contributed by atoms with Crippen molar-refractivity contribution in [3.63, 3.8) is 0 Å². The predicted molar refractivity (Wildman–Crippen MR) is 65.4 cm³/mol. The Morgan fingerprint density at radius 3 is 3.18 bits per heavy atom. The van der Waals surface area contributed by atoms with Crippen LogP contribution < -0.4 is 4.90 Å². The molecule has 17 heavy (non-hydrogen) atoms. The van der Waals surface area contributed by atoms with Crippen LogP contribution in [0.15, 0.2) is 24.4 Å². The Labute approximate surface area is 98.6 Å². The number of aromatic nitrogens is 2. The van der Waals surface area contributed by atoms with Gasteiger partial charge in [-0.25, -0.2) is 0 Å². The molecule has 0 aliphatic carbocycles. The number of hydrogen-bond donors (Lipinski definition) is 1. The molecule has 2 aromatic rings. The SMILES string of the molecule is C#CC1CC(=O)N(c2ccc3[nH]ncc3c2)C1. The van der Waals surface area contributed by atoms with E-state index in [1.165, 1.54) is 0 Å². The maximum atomic E-state index is 11.8. The molecule has 4 heteroatoms. The van der Waals surface area contributed by atoms with E-state index in [1.807, 2.05) is 18.2 Å². The van der Waals surface area contributed by atoms with Crippen LogP contribution in [0.25, 0.3) is 10.9 Å². The summed E-state index contributed by atoms with van der Waals surface area (Å²) in [6, 6.07) is 5.79. The number of fused-ring (bicyclic) bond motifs is 1. The Morgan fingerprint density at radius 1 is 1.53 bits per heavy atom. The molecule has 1 aromatic carbocycles. The van der Waals surface area contributed by atoms with E-state index in [0.717, 1.165) is 16.6 Å². The van der Waals surface area contributed by atoms with E-state index in [1.54, 1.807) is 11.1 Å². The second kappa shape index (κ2) is 3.63. The molecule has 0 radical (unpaired) electrons. The average molecular weight is 225 g/mol. The molecule has 4 nitrogen and oxygen atoms in total. The second-order valence-electron chi connectivity index (χ2n) is 4.21. The Kier molecular flexibility index (Phi) is 2.12. The topological polar surface area (TPSA) is 49.0 Å². The van der Waals surface area contributed by atoms with E-state index in [0.29, 0.717) is 13.0 Å². The van der Waals surface area contributed by atoms with Gasteiger partial charge in [-0.1, -0.05) is 0 Å². The Hall–Kier alpha value is -2.28. The van der Waals surface area contributed by atoms with E-state index < -0.39 is 0 Å². The third-order valence-corrected chi connectivity index (χ3v) is 3.10. The minimum absolute atomic E-state index is 0.0301. The third-order valence-electron chi connectivity index (χ3n) is 3.10. The van der Waals surface area contributed by atoms with E-state index in [9.17, 15) is 4.79 Å². The van der Waals surface area contributed by atoms with Crippen LogP contribution in [0, 0.1) is 18.3 Å². The summed E-state index contributed by atoms with van der Waals surface area (Å²) in [6.07, 6.45) is 7.56. The van der Waals surface area contributed by atoms with Crippen molar-refractivity contribution in [1.82, 2.24) is 10.2 Å². The number of hydrogen-bond acceptors (Lipinski definition) is 2. The van der Waals surface area contributed by atoms with Gasteiger partial charge in [0.25, 0.3) is 0 Å². The van der Waals surface area contributed by atoms with E-state index >= 15 is 0 Å². The smallest absolute Gasteiger partial charge is 0.228 e. The zero-order valence-electron chi connectivity index (χ0n) is 9.18.